The molecule has 1 atom stereocenters. The molecule has 4 nitrogen and oxygen atoms in total. The van der Waals surface area contributed by atoms with Gasteiger partial charge in [0, 0.05) is 18.6 Å². The first-order chi connectivity index (χ1) is 8.19. The van der Waals surface area contributed by atoms with Gasteiger partial charge in [0.15, 0.2) is 0 Å². The largest absolute Gasteiger partial charge is 0.469 e. The lowest BCUT2D eigenvalue weighted by molar-refractivity contribution is -0.142. The fraction of sp³-hybridized carbons (Fsp3) is 0.923. The summed E-state index contributed by atoms with van der Waals surface area (Å²) in [5.41, 5.74) is 0. The number of rotatable bonds is 6. The lowest BCUT2D eigenvalue weighted by atomic mass is 9.93. The molecular formula is C13H25NO3. The summed E-state index contributed by atoms with van der Waals surface area (Å²) in [6.07, 6.45) is 6.62. The molecule has 1 N–H and O–H groups in total. The van der Waals surface area contributed by atoms with Crippen molar-refractivity contribution in [3.63, 3.8) is 0 Å². The van der Waals surface area contributed by atoms with Crippen LogP contribution in [0.3, 0.4) is 0 Å². The van der Waals surface area contributed by atoms with E-state index in [-0.39, 0.29) is 18.6 Å². The number of carbonyl (C=O) groups is 1. The summed E-state index contributed by atoms with van der Waals surface area (Å²) in [7, 11) is 1.42. The lowest BCUT2D eigenvalue weighted by Crippen LogP contribution is -2.45. The number of ether oxygens (including phenoxy) is 1. The monoisotopic (exact) mass is 243 g/mol. The number of nitrogens with zero attached hydrogens (tertiary/aromatic N) is 1. The second kappa shape index (κ2) is 7.67. The minimum Gasteiger partial charge on any atom is -0.469 e. The summed E-state index contributed by atoms with van der Waals surface area (Å²) in [4.78, 5) is 13.6. The van der Waals surface area contributed by atoms with E-state index in [0.29, 0.717) is 19.0 Å². The highest BCUT2D eigenvalue weighted by molar-refractivity contribution is 5.69. The van der Waals surface area contributed by atoms with Gasteiger partial charge in [0.25, 0.3) is 0 Å². The summed E-state index contributed by atoms with van der Waals surface area (Å²) in [5, 5.41) is 9.15. The van der Waals surface area contributed by atoms with Crippen molar-refractivity contribution in [3.05, 3.63) is 0 Å². The quantitative estimate of drug-likeness (QED) is 0.719. The Morgan fingerprint density at radius 2 is 2.06 bits per heavy atom. The van der Waals surface area contributed by atoms with Crippen molar-refractivity contribution in [1.82, 2.24) is 4.90 Å². The maximum atomic E-state index is 11.3. The number of aliphatic hydroxyl groups excluding tert-OH is 1. The zero-order valence-corrected chi connectivity index (χ0v) is 11.0. The van der Waals surface area contributed by atoms with Crippen molar-refractivity contribution in [2.45, 2.75) is 57.5 Å². The number of hydrogen-bond donors (Lipinski definition) is 1. The van der Waals surface area contributed by atoms with Crippen molar-refractivity contribution in [3.8, 4) is 0 Å². The van der Waals surface area contributed by atoms with Gasteiger partial charge < -0.3 is 9.84 Å². The molecule has 0 heterocycles. The second-order valence-corrected chi connectivity index (χ2v) is 4.88. The molecule has 1 fully saturated rings. The molecule has 0 aromatic heterocycles. The number of hydrogen-bond acceptors (Lipinski definition) is 4. The van der Waals surface area contributed by atoms with Crippen LogP contribution in [0.25, 0.3) is 0 Å². The van der Waals surface area contributed by atoms with E-state index >= 15 is 0 Å². The van der Waals surface area contributed by atoms with E-state index in [1.165, 1.54) is 39.2 Å². The SMILES string of the molecule is COC(=O)CC(C)N(CCO)C1CCCCC1. The molecule has 0 aliphatic heterocycles. The summed E-state index contributed by atoms with van der Waals surface area (Å²) in [6, 6.07) is 0.674. The third kappa shape index (κ3) is 4.64. The Labute approximate surface area is 104 Å². The van der Waals surface area contributed by atoms with Gasteiger partial charge in [-0.3, -0.25) is 9.69 Å². The standard InChI is InChI=1S/C13H25NO3/c1-11(10-13(16)17-2)14(8-9-15)12-6-4-3-5-7-12/h11-12,15H,3-10H2,1-2H3. The normalized spacial score (nSPS) is 19.3. The summed E-state index contributed by atoms with van der Waals surface area (Å²) in [5.74, 6) is -0.170. The predicted octanol–water partition coefficient (Wildman–Crippen LogP) is 1.56. The van der Waals surface area contributed by atoms with E-state index in [1.807, 2.05) is 6.92 Å². The molecule has 0 radical (unpaired) electrons. The molecule has 0 aromatic carbocycles. The van der Waals surface area contributed by atoms with Crippen molar-refractivity contribution in [1.29, 1.82) is 0 Å². The van der Waals surface area contributed by atoms with Gasteiger partial charge in [-0.25, -0.2) is 0 Å². The van der Waals surface area contributed by atoms with Crippen LogP contribution in [0.1, 0.15) is 45.4 Å². The van der Waals surface area contributed by atoms with Crippen LogP contribution >= 0.6 is 0 Å². The molecule has 1 rings (SSSR count). The van der Waals surface area contributed by atoms with Crippen LogP contribution in [0.2, 0.25) is 0 Å². The minimum atomic E-state index is -0.170. The smallest absolute Gasteiger partial charge is 0.307 e. The van der Waals surface area contributed by atoms with Crippen LogP contribution in [0.4, 0.5) is 0 Å². The molecule has 1 aliphatic rings. The average Bonchev–Trinajstić information content (AvgIpc) is 2.36. The Morgan fingerprint density at radius 3 is 2.59 bits per heavy atom. The van der Waals surface area contributed by atoms with Crippen molar-refractivity contribution >= 4 is 5.97 Å². The van der Waals surface area contributed by atoms with E-state index < -0.39 is 0 Å². The topological polar surface area (TPSA) is 49.8 Å². The van der Waals surface area contributed by atoms with Gasteiger partial charge >= 0.3 is 5.97 Å². The number of methoxy groups -OCH3 is 1. The average molecular weight is 243 g/mol. The van der Waals surface area contributed by atoms with Crippen LogP contribution in [0.5, 0.6) is 0 Å². The summed E-state index contributed by atoms with van der Waals surface area (Å²) >= 11 is 0. The van der Waals surface area contributed by atoms with E-state index in [0.717, 1.165) is 0 Å². The Balaban J connectivity index is 2.53. The molecule has 0 saturated heterocycles. The molecule has 17 heavy (non-hydrogen) atoms. The van der Waals surface area contributed by atoms with E-state index in [4.69, 9.17) is 9.84 Å². The third-order valence-electron chi connectivity index (χ3n) is 3.66. The maximum Gasteiger partial charge on any atom is 0.307 e. The van der Waals surface area contributed by atoms with E-state index in [9.17, 15) is 4.79 Å². The van der Waals surface area contributed by atoms with Gasteiger partial charge in [0.1, 0.15) is 0 Å². The zero-order valence-electron chi connectivity index (χ0n) is 11.0. The fourth-order valence-electron chi connectivity index (χ4n) is 2.73. The molecule has 0 bridgehead atoms. The van der Waals surface area contributed by atoms with Crippen LogP contribution < -0.4 is 0 Å². The predicted molar refractivity (Wildman–Crippen MR) is 66.8 cm³/mol. The molecule has 0 spiro atoms. The lowest BCUT2D eigenvalue weighted by Gasteiger charge is -2.37. The van der Waals surface area contributed by atoms with E-state index in [1.54, 1.807) is 0 Å². The van der Waals surface area contributed by atoms with Crippen LogP contribution in [0, 0.1) is 0 Å². The first-order valence-electron chi connectivity index (χ1n) is 6.62. The molecule has 100 valence electrons. The molecule has 1 unspecified atom stereocenters. The number of carbonyl (C=O) groups excluding carboxylic acids is 1. The molecule has 4 heteroatoms. The van der Waals surface area contributed by atoms with E-state index in [2.05, 4.69) is 4.90 Å². The second-order valence-electron chi connectivity index (χ2n) is 4.88. The number of aliphatic hydroxyl groups is 1. The third-order valence-corrected chi connectivity index (χ3v) is 3.66. The molecular weight excluding hydrogens is 218 g/mol. The van der Waals surface area contributed by atoms with Crippen molar-refractivity contribution < 1.29 is 14.6 Å². The Bertz CT molecular complexity index is 227. The molecule has 0 amide bonds. The van der Waals surface area contributed by atoms with Crippen LogP contribution in [-0.2, 0) is 9.53 Å². The number of esters is 1. The first kappa shape index (κ1) is 14.5. The zero-order chi connectivity index (χ0) is 12.7. The maximum absolute atomic E-state index is 11.3. The van der Waals surface area contributed by atoms with Crippen molar-refractivity contribution in [2.75, 3.05) is 20.3 Å². The van der Waals surface area contributed by atoms with Crippen LogP contribution in [0.15, 0.2) is 0 Å². The minimum absolute atomic E-state index is 0.151. The first-order valence-corrected chi connectivity index (χ1v) is 6.62. The fourth-order valence-corrected chi connectivity index (χ4v) is 2.73. The van der Waals surface area contributed by atoms with Gasteiger partial charge in [-0.15, -0.1) is 0 Å². The molecule has 1 aliphatic carbocycles. The van der Waals surface area contributed by atoms with Gasteiger partial charge in [-0.2, -0.15) is 0 Å². The molecule has 1 saturated carbocycles. The highest BCUT2D eigenvalue weighted by Gasteiger charge is 2.26. The molecule has 0 aromatic rings. The Kier molecular flexibility index (Phi) is 6.52. The van der Waals surface area contributed by atoms with Gasteiger partial charge in [-0.05, 0) is 19.8 Å². The summed E-state index contributed by atoms with van der Waals surface area (Å²) < 4.78 is 4.71. The highest BCUT2D eigenvalue weighted by Crippen LogP contribution is 2.24. The van der Waals surface area contributed by atoms with Crippen LogP contribution in [-0.4, -0.2) is 48.3 Å². The van der Waals surface area contributed by atoms with Gasteiger partial charge in [-0.1, -0.05) is 19.3 Å². The highest BCUT2D eigenvalue weighted by atomic mass is 16.5. The summed E-state index contributed by atoms with van der Waals surface area (Å²) in [6.45, 7) is 2.85. The van der Waals surface area contributed by atoms with Gasteiger partial charge in [0.2, 0.25) is 0 Å². The Hall–Kier alpha value is -0.610. The van der Waals surface area contributed by atoms with Crippen molar-refractivity contribution in [2.24, 2.45) is 0 Å². The Morgan fingerprint density at radius 1 is 1.41 bits per heavy atom. The van der Waals surface area contributed by atoms with Gasteiger partial charge in [0.05, 0.1) is 20.1 Å².